The Hall–Kier alpha value is -1.93. The Bertz CT molecular complexity index is 815. The summed E-state index contributed by atoms with van der Waals surface area (Å²) in [4.78, 5) is 14.7. The van der Waals surface area contributed by atoms with Crippen LogP contribution in [-0.4, -0.2) is 54.8 Å². The summed E-state index contributed by atoms with van der Waals surface area (Å²) in [6.45, 7) is 0.892. The molecule has 0 saturated carbocycles. The Kier molecular flexibility index (Phi) is 4.36. The molecule has 23 heavy (non-hydrogen) atoms. The van der Waals surface area contributed by atoms with Crippen LogP contribution in [0.25, 0.3) is 10.9 Å². The van der Waals surface area contributed by atoms with E-state index >= 15 is 0 Å². The van der Waals surface area contributed by atoms with Crippen LogP contribution in [0.2, 0.25) is 0 Å². The number of piperidine rings is 1. The van der Waals surface area contributed by atoms with Crippen LogP contribution in [0.4, 0.5) is 0 Å². The minimum absolute atomic E-state index is 0.0835. The molecule has 2 aromatic rings. The highest BCUT2D eigenvalue weighted by molar-refractivity contribution is 7.88. The first-order chi connectivity index (χ1) is 11.0. The summed E-state index contributed by atoms with van der Waals surface area (Å²) in [6, 6.07) is 5.38. The summed E-state index contributed by atoms with van der Waals surface area (Å²) >= 11 is 0. The summed E-state index contributed by atoms with van der Waals surface area (Å²) in [6.07, 6.45) is 5.54. The topological polar surface area (TPSA) is 95.2 Å². The molecule has 3 rings (SSSR count). The number of aromatic nitrogens is 2. The molecule has 2 heterocycles. The third-order valence-electron chi connectivity index (χ3n) is 4.18. The van der Waals surface area contributed by atoms with Gasteiger partial charge in [0.1, 0.15) is 0 Å². The van der Waals surface area contributed by atoms with Gasteiger partial charge in [-0.2, -0.15) is 5.10 Å². The van der Waals surface area contributed by atoms with E-state index in [1.165, 1.54) is 0 Å². The Labute approximate surface area is 135 Å². The SMILES string of the molecule is CS(=O)(=O)NC[C@@H]1CCCCN1C(=O)c1cccc2cn[nH]c12. The van der Waals surface area contributed by atoms with Crippen LogP contribution in [0.1, 0.15) is 29.6 Å². The smallest absolute Gasteiger partial charge is 0.256 e. The number of H-pyrrole nitrogens is 1. The van der Waals surface area contributed by atoms with Crippen molar-refractivity contribution in [2.75, 3.05) is 19.3 Å². The molecule has 7 nitrogen and oxygen atoms in total. The van der Waals surface area contributed by atoms with Gasteiger partial charge in [0.25, 0.3) is 5.91 Å². The van der Waals surface area contributed by atoms with Crippen LogP contribution in [-0.2, 0) is 10.0 Å². The number of aromatic amines is 1. The lowest BCUT2D eigenvalue weighted by atomic mass is 10.0. The number of rotatable bonds is 4. The van der Waals surface area contributed by atoms with Gasteiger partial charge in [-0.15, -0.1) is 0 Å². The van der Waals surface area contributed by atoms with Crippen molar-refractivity contribution in [1.29, 1.82) is 0 Å². The number of amides is 1. The van der Waals surface area contributed by atoms with Crippen molar-refractivity contribution in [1.82, 2.24) is 19.8 Å². The highest BCUT2D eigenvalue weighted by atomic mass is 32.2. The molecule has 2 N–H and O–H groups in total. The number of carbonyl (C=O) groups excluding carboxylic acids is 1. The second-order valence-electron chi connectivity index (χ2n) is 5.91. The molecule has 0 aliphatic carbocycles. The third kappa shape index (κ3) is 3.53. The lowest BCUT2D eigenvalue weighted by Crippen LogP contribution is -2.49. The number of fused-ring (bicyclic) bond motifs is 1. The molecule has 8 heteroatoms. The van der Waals surface area contributed by atoms with Crippen LogP contribution < -0.4 is 4.72 Å². The quantitative estimate of drug-likeness (QED) is 0.874. The second-order valence-corrected chi connectivity index (χ2v) is 7.74. The van der Waals surface area contributed by atoms with E-state index in [9.17, 15) is 13.2 Å². The molecule has 1 amide bonds. The minimum Gasteiger partial charge on any atom is -0.334 e. The second kappa shape index (κ2) is 6.29. The Morgan fingerprint density at radius 3 is 3.04 bits per heavy atom. The van der Waals surface area contributed by atoms with Gasteiger partial charge >= 0.3 is 0 Å². The zero-order valence-electron chi connectivity index (χ0n) is 12.9. The van der Waals surface area contributed by atoms with E-state index in [2.05, 4.69) is 14.9 Å². The van der Waals surface area contributed by atoms with Crippen molar-refractivity contribution >= 4 is 26.8 Å². The monoisotopic (exact) mass is 336 g/mol. The maximum absolute atomic E-state index is 12.9. The molecule has 124 valence electrons. The molecule has 1 aromatic carbocycles. The van der Waals surface area contributed by atoms with Gasteiger partial charge in [-0.3, -0.25) is 9.89 Å². The van der Waals surface area contributed by atoms with Gasteiger partial charge in [-0.25, -0.2) is 13.1 Å². The van der Waals surface area contributed by atoms with E-state index in [0.717, 1.165) is 36.4 Å². The maximum Gasteiger partial charge on any atom is 0.256 e. The highest BCUT2D eigenvalue weighted by Crippen LogP contribution is 2.23. The van der Waals surface area contributed by atoms with Crippen molar-refractivity contribution in [3.63, 3.8) is 0 Å². The molecular formula is C15H20N4O3S. The Balaban J connectivity index is 1.85. The number of para-hydroxylation sites is 1. The van der Waals surface area contributed by atoms with Gasteiger partial charge in [0.2, 0.25) is 10.0 Å². The van der Waals surface area contributed by atoms with E-state index in [1.54, 1.807) is 17.2 Å². The van der Waals surface area contributed by atoms with Gasteiger partial charge in [0.05, 0.1) is 23.5 Å². The molecule has 0 spiro atoms. The van der Waals surface area contributed by atoms with Gasteiger partial charge in [0, 0.05) is 24.5 Å². The van der Waals surface area contributed by atoms with E-state index in [4.69, 9.17) is 0 Å². The molecule has 1 atom stereocenters. The predicted octanol–water partition coefficient (Wildman–Crippen LogP) is 1.11. The number of likely N-dealkylation sites (tertiary alicyclic amines) is 1. The van der Waals surface area contributed by atoms with Crippen LogP contribution in [0.15, 0.2) is 24.4 Å². The van der Waals surface area contributed by atoms with Crippen LogP contribution in [0, 0.1) is 0 Å². The van der Waals surface area contributed by atoms with Crippen molar-refractivity contribution in [3.05, 3.63) is 30.0 Å². The first-order valence-electron chi connectivity index (χ1n) is 7.63. The van der Waals surface area contributed by atoms with E-state index in [-0.39, 0.29) is 18.5 Å². The molecule has 1 fully saturated rings. The van der Waals surface area contributed by atoms with E-state index < -0.39 is 10.0 Å². The van der Waals surface area contributed by atoms with Gasteiger partial charge in [-0.05, 0) is 25.3 Å². The number of nitrogens with one attached hydrogen (secondary N) is 2. The van der Waals surface area contributed by atoms with Gasteiger partial charge in [-0.1, -0.05) is 12.1 Å². The third-order valence-corrected chi connectivity index (χ3v) is 4.87. The number of hydrogen-bond acceptors (Lipinski definition) is 4. The molecule has 1 aliphatic heterocycles. The Morgan fingerprint density at radius 1 is 1.43 bits per heavy atom. The van der Waals surface area contributed by atoms with Crippen molar-refractivity contribution < 1.29 is 13.2 Å². The molecule has 1 aliphatic rings. The van der Waals surface area contributed by atoms with E-state index in [1.807, 2.05) is 12.1 Å². The van der Waals surface area contributed by atoms with Gasteiger partial charge in [0.15, 0.2) is 0 Å². The largest absolute Gasteiger partial charge is 0.334 e. The normalized spacial score (nSPS) is 19.2. The number of hydrogen-bond donors (Lipinski definition) is 2. The zero-order valence-corrected chi connectivity index (χ0v) is 13.8. The fourth-order valence-corrected chi connectivity index (χ4v) is 3.52. The lowest BCUT2D eigenvalue weighted by Gasteiger charge is -2.36. The summed E-state index contributed by atoms with van der Waals surface area (Å²) in [5.74, 6) is -0.0835. The van der Waals surface area contributed by atoms with Crippen LogP contribution >= 0.6 is 0 Å². The lowest BCUT2D eigenvalue weighted by molar-refractivity contribution is 0.0620. The van der Waals surface area contributed by atoms with Crippen molar-refractivity contribution in [2.24, 2.45) is 0 Å². The first-order valence-corrected chi connectivity index (χ1v) is 9.52. The van der Waals surface area contributed by atoms with Crippen LogP contribution in [0.5, 0.6) is 0 Å². The molecule has 0 radical (unpaired) electrons. The number of carbonyl (C=O) groups is 1. The fraction of sp³-hybridized carbons (Fsp3) is 0.467. The molecular weight excluding hydrogens is 316 g/mol. The van der Waals surface area contributed by atoms with Crippen LogP contribution in [0.3, 0.4) is 0 Å². The average molecular weight is 336 g/mol. The van der Waals surface area contributed by atoms with Gasteiger partial charge < -0.3 is 4.90 Å². The first kappa shape index (κ1) is 15.9. The predicted molar refractivity (Wildman–Crippen MR) is 87.6 cm³/mol. The number of benzene rings is 1. The molecule has 1 saturated heterocycles. The summed E-state index contributed by atoms with van der Waals surface area (Å²) in [7, 11) is -3.27. The molecule has 0 bridgehead atoms. The summed E-state index contributed by atoms with van der Waals surface area (Å²) < 4.78 is 25.2. The number of sulfonamides is 1. The van der Waals surface area contributed by atoms with Crippen molar-refractivity contribution in [2.45, 2.75) is 25.3 Å². The zero-order chi connectivity index (χ0) is 16.4. The molecule has 0 unspecified atom stereocenters. The van der Waals surface area contributed by atoms with E-state index in [0.29, 0.717) is 12.1 Å². The summed E-state index contributed by atoms with van der Waals surface area (Å²) in [5.41, 5.74) is 1.30. The highest BCUT2D eigenvalue weighted by Gasteiger charge is 2.29. The molecule has 1 aromatic heterocycles. The summed E-state index contributed by atoms with van der Waals surface area (Å²) in [5, 5.41) is 7.75. The average Bonchev–Trinajstić information content (AvgIpc) is 3.00. The standard InChI is InChI=1S/C15H20N4O3S/c1-23(21,22)17-10-12-6-2-3-8-19(12)15(20)13-7-4-5-11-9-16-18-14(11)13/h4-5,7,9,12,17H,2-3,6,8,10H2,1H3,(H,16,18)/t12-/m0/s1. The fourth-order valence-electron chi connectivity index (χ4n) is 3.03. The van der Waals surface area contributed by atoms with Crippen molar-refractivity contribution in [3.8, 4) is 0 Å². The Morgan fingerprint density at radius 2 is 2.26 bits per heavy atom. The minimum atomic E-state index is -3.27. The maximum atomic E-state index is 12.9. The number of nitrogens with zero attached hydrogens (tertiary/aromatic N) is 2.